The molecule has 0 atom stereocenters. The number of nitrogens with two attached hydrogens (primary N) is 1. The summed E-state index contributed by atoms with van der Waals surface area (Å²) in [5.41, 5.74) is 8.47. The molecule has 3 nitrogen and oxygen atoms in total. The summed E-state index contributed by atoms with van der Waals surface area (Å²) in [6.07, 6.45) is 4.44. The molecule has 0 radical (unpaired) electrons. The Kier molecular flexibility index (Phi) is 2.65. The van der Waals surface area contributed by atoms with Crippen molar-refractivity contribution in [1.29, 1.82) is 0 Å². The lowest BCUT2D eigenvalue weighted by molar-refractivity contribution is 0.396. The molecule has 1 aliphatic carbocycles. The summed E-state index contributed by atoms with van der Waals surface area (Å²) in [6.45, 7) is 1.99. The number of aryl methyl sites for hydroxylation is 2. The minimum absolute atomic E-state index is 0.129. The van der Waals surface area contributed by atoms with E-state index in [1.165, 1.54) is 18.4 Å². The van der Waals surface area contributed by atoms with Crippen LogP contribution in [0, 0.1) is 6.92 Å². The topological polar surface area (TPSA) is 48.1 Å². The summed E-state index contributed by atoms with van der Waals surface area (Å²) in [7, 11) is 1.65. The van der Waals surface area contributed by atoms with Crippen molar-refractivity contribution in [3.05, 3.63) is 23.4 Å². The van der Waals surface area contributed by atoms with Crippen LogP contribution in [0.5, 0.6) is 5.88 Å². The van der Waals surface area contributed by atoms with E-state index in [0.717, 1.165) is 18.5 Å². The highest BCUT2D eigenvalue weighted by atomic mass is 16.5. The van der Waals surface area contributed by atoms with Gasteiger partial charge in [-0.15, -0.1) is 0 Å². The molecule has 1 aromatic heterocycles. The predicted molar refractivity (Wildman–Crippen MR) is 60.0 cm³/mol. The average molecular weight is 206 g/mol. The first-order chi connectivity index (χ1) is 7.11. The predicted octanol–water partition coefficient (Wildman–Crippen LogP) is 1.82. The number of pyridine rings is 1. The first-order valence-electron chi connectivity index (χ1n) is 5.42. The van der Waals surface area contributed by atoms with Crippen molar-refractivity contribution in [3.63, 3.8) is 0 Å². The fourth-order valence-electron chi connectivity index (χ4n) is 1.76. The quantitative estimate of drug-likeness (QED) is 0.817. The summed E-state index contributed by atoms with van der Waals surface area (Å²) < 4.78 is 5.14. The number of aromatic nitrogens is 1. The molecular weight excluding hydrogens is 188 g/mol. The zero-order valence-corrected chi connectivity index (χ0v) is 9.42. The first-order valence-corrected chi connectivity index (χ1v) is 5.42. The van der Waals surface area contributed by atoms with E-state index in [1.54, 1.807) is 7.11 Å². The Morgan fingerprint density at radius 3 is 2.80 bits per heavy atom. The molecule has 2 rings (SSSR count). The molecule has 1 heterocycles. The van der Waals surface area contributed by atoms with Crippen LogP contribution in [0.3, 0.4) is 0 Å². The first kappa shape index (κ1) is 10.4. The van der Waals surface area contributed by atoms with Gasteiger partial charge < -0.3 is 10.5 Å². The van der Waals surface area contributed by atoms with Crippen LogP contribution in [0.4, 0.5) is 0 Å². The summed E-state index contributed by atoms with van der Waals surface area (Å²) in [5.74, 6) is 0.701. The molecule has 82 valence electrons. The number of rotatable bonds is 4. The van der Waals surface area contributed by atoms with Crippen LogP contribution < -0.4 is 10.5 Å². The SMILES string of the molecule is COc1cc(CCC2(N)CC2)cc(C)n1. The van der Waals surface area contributed by atoms with Crippen molar-refractivity contribution < 1.29 is 4.74 Å². The van der Waals surface area contributed by atoms with Gasteiger partial charge >= 0.3 is 0 Å². The fourth-order valence-corrected chi connectivity index (χ4v) is 1.76. The van der Waals surface area contributed by atoms with Crippen LogP contribution in [0.25, 0.3) is 0 Å². The van der Waals surface area contributed by atoms with Gasteiger partial charge in [0.1, 0.15) is 0 Å². The Balaban J connectivity index is 2.03. The second-order valence-electron chi connectivity index (χ2n) is 4.52. The molecule has 0 unspecified atom stereocenters. The van der Waals surface area contributed by atoms with Gasteiger partial charge in [-0.1, -0.05) is 0 Å². The van der Waals surface area contributed by atoms with Gasteiger partial charge in [-0.3, -0.25) is 0 Å². The highest BCUT2D eigenvalue weighted by Crippen LogP contribution is 2.36. The van der Waals surface area contributed by atoms with E-state index in [2.05, 4.69) is 11.1 Å². The van der Waals surface area contributed by atoms with E-state index in [0.29, 0.717) is 5.88 Å². The van der Waals surface area contributed by atoms with Crippen molar-refractivity contribution >= 4 is 0 Å². The molecule has 0 bridgehead atoms. The van der Waals surface area contributed by atoms with E-state index in [-0.39, 0.29) is 5.54 Å². The van der Waals surface area contributed by atoms with E-state index in [4.69, 9.17) is 10.5 Å². The highest BCUT2D eigenvalue weighted by molar-refractivity contribution is 5.25. The largest absolute Gasteiger partial charge is 0.481 e. The van der Waals surface area contributed by atoms with E-state index >= 15 is 0 Å². The van der Waals surface area contributed by atoms with Crippen LogP contribution in [0.15, 0.2) is 12.1 Å². The molecule has 0 saturated heterocycles. The maximum Gasteiger partial charge on any atom is 0.213 e. The number of nitrogens with zero attached hydrogens (tertiary/aromatic N) is 1. The summed E-state index contributed by atoms with van der Waals surface area (Å²) >= 11 is 0. The molecule has 15 heavy (non-hydrogen) atoms. The van der Waals surface area contributed by atoms with Gasteiger partial charge in [0, 0.05) is 17.3 Å². The van der Waals surface area contributed by atoms with E-state index in [1.807, 2.05) is 13.0 Å². The molecule has 1 fully saturated rings. The molecular formula is C12H18N2O. The minimum Gasteiger partial charge on any atom is -0.481 e. The molecule has 1 aliphatic rings. The lowest BCUT2D eigenvalue weighted by Gasteiger charge is -2.09. The van der Waals surface area contributed by atoms with Gasteiger partial charge in [0.05, 0.1) is 7.11 Å². The van der Waals surface area contributed by atoms with Crippen LogP contribution in [-0.4, -0.2) is 17.6 Å². The van der Waals surface area contributed by atoms with E-state index in [9.17, 15) is 0 Å². The van der Waals surface area contributed by atoms with Crippen LogP contribution in [-0.2, 0) is 6.42 Å². The molecule has 3 heteroatoms. The summed E-state index contributed by atoms with van der Waals surface area (Å²) in [6, 6.07) is 4.10. The molecule has 2 N–H and O–H groups in total. The zero-order chi connectivity index (χ0) is 10.9. The number of methoxy groups -OCH3 is 1. The Morgan fingerprint density at radius 2 is 2.20 bits per heavy atom. The zero-order valence-electron chi connectivity index (χ0n) is 9.42. The lowest BCUT2D eigenvalue weighted by atomic mass is 10.0. The van der Waals surface area contributed by atoms with Crippen LogP contribution in [0.1, 0.15) is 30.5 Å². The third-order valence-electron chi connectivity index (χ3n) is 3.00. The molecule has 1 aromatic rings. The highest BCUT2D eigenvalue weighted by Gasteiger charge is 2.37. The van der Waals surface area contributed by atoms with Crippen molar-refractivity contribution in [2.24, 2.45) is 5.73 Å². The summed E-state index contributed by atoms with van der Waals surface area (Å²) in [4.78, 5) is 4.26. The monoisotopic (exact) mass is 206 g/mol. The van der Waals surface area contributed by atoms with Gasteiger partial charge in [-0.25, -0.2) is 4.98 Å². The molecule has 0 aromatic carbocycles. The second-order valence-corrected chi connectivity index (χ2v) is 4.52. The Bertz CT molecular complexity index is 359. The number of ether oxygens (including phenoxy) is 1. The maximum atomic E-state index is 6.06. The summed E-state index contributed by atoms with van der Waals surface area (Å²) in [5, 5.41) is 0. The smallest absolute Gasteiger partial charge is 0.213 e. The Hall–Kier alpha value is -1.09. The normalized spacial score (nSPS) is 17.5. The molecule has 1 saturated carbocycles. The number of hydrogen-bond donors (Lipinski definition) is 1. The van der Waals surface area contributed by atoms with Gasteiger partial charge in [0.15, 0.2) is 0 Å². The van der Waals surface area contributed by atoms with Gasteiger partial charge in [0.2, 0.25) is 5.88 Å². The number of hydrogen-bond acceptors (Lipinski definition) is 3. The molecule has 0 spiro atoms. The van der Waals surface area contributed by atoms with Gasteiger partial charge in [0.25, 0.3) is 0 Å². The Morgan fingerprint density at radius 1 is 1.47 bits per heavy atom. The average Bonchev–Trinajstić information content (AvgIpc) is 2.94. The minimum atomic E-state index is 0.129. The fraction of sp³-hybridized carbons (Fsp3) is 0.583. The standard InChI is InChI=1S/C12H18N2O/c1-9-7-10(8-11(14-9)15-2)3-4-12(13)5-6-12/h7-8H,3-6,13H2,1-2H3. The third-order valence-corrected chi connectivity index (χ3v) is 3.00. The van der Waals surface area contributed by atoms with Crippen LogP contribution in [0.2, 0.25) is 0 Å². The van der Waals surface area contributed by atoms with Crippen molar-refractivity contribution in [3.8, 4) is 5.88 Å². The van der Waals surface area contributed by atoms with Gasteiger partial charge in [-0.05, 0) is 44.2 Å². The molecule has 0 amide bonds. The Labute approximate surface area is 90.7 Å². The molecule has 0 aliphatic heterocycles. The van der Waals surface area contributed by atoms with Crippen molar-refractivity contribution in [1.82, 2.24) is 4.98 Å². The maximum absolute atomic E-state index is 6.06. The second kappa shape index (κ2) is 3.81. The van der Waals surface area contributed by atoms with Crippen molar-refractivity contribution in [2.75, 3.05) is 7.11 Å². The van der Waals surface area contributed by atoms with Crippen molar-refractivity contribution in [2.45, 2.75) is 38.1 Å². The van der Waals surface area contributed by atoms with Gasteiger partial charge in [-0.2, -0.15) is 0 Å². The van der Waals surface area contributed by atoms with Crippen LogP contribution >= 0.6 is 0 Å². The lowest BCUT2D eigenvalue weighted by Crippen LogP contribution is -2.22. The third kappa shape index (κ3) is 2.69. The van der Waals surface area contributed by atoms with E-state index < -0.39 is 0 Å².